The summed E-state index contributed by atoms with van der Waals surface area (Å²) in [5, 5.41) is 12.6. The van der Waals surface area contributed by atoms with Crippen LogP contribution in [0.5, 0.6) is 5.75 Å². The molecule has 0 saturated heterocycles. The summed E-state index contributed by atoms with van der Waals surface area (Å²) in [5.74, 6) is 0.892. The van der Waals surface area contributed by atoms with Gasteiger partial charge in [0.25, 0.3) is 0 Å². The van der Waals surface area contributed by atoms with Gasteiger partial charge in [-0.05, 0) is 30.7 Å². The molecule has 0 aliphatic carbocycles. The third-order valence-electron chi connectivity index (χ3n) is 2.15. The van der Waals surface area contributed by atoms with Gasteiger partial charge >= 0.3 is 0 Å². The molecule has 1 rings (SSSR count). The number of benzene rings is 1. The van der Waals surface area contributed by atoms with Crippen LogP contribution in [0.3, 0.4) is 0 Å². The van der Waals surface area contributed by atoms with Crippen LogP contribution in [0.4, 0.5) is 0 Å². The van der Waals surface area contributed by atoms with Crippen molar-refractivity contribution in [2.24, 2.45) is 0 Å². The Morgan fingerprint density at radius 1 is 1.56 bits per heavy atom. The number of aromatic hydroxyl groups is 1. The van der Waals surface area contributed by atoms with Gasteiger partial charge in [0.2, 0.25) is 0 Å². The summed E-state index contributed by atoms with van der Waals surface area (Å²) < 4.78 is 12.0. The second kappa shape index (κ2) is 6.37. The molecular formula is C11H16BrNO2S. The van der Waals surface area contributed by atoms with E-state index in [1.54, 1.807) is 18.4 Å². The highest BCUT2D eigenvalue weighted by molar-refractivity contribution is 9.10. The smallest absolute Gasteiger partial charge is 0.115 e. The van der Waals surface area contributed by atoms with Crippen molar-refractivity contribution >= 4 is 26.7 Å². The first kappa shape index (κ1) is 13.7. The largest absolute Gasteiger partial charge is 0.508 e. The Kier molecular flexibility index (Phi) is 5.44. The van der Waals surface area contributed by atoms with E-state index < -0.39 is 10.8 Å². The number of phenols is 1. The maximum Gasteiger partial charge on any atom is 0.115 e. The van der Waals surface area contributed by atoms with Gasteiger partial charge in [-0.2, -0.15) is 0 Å². The van der Waals surface area contributed by atoms with Crippen molar-refractivity contribution in [3.05, 3.63) is 28.2 Å². The number of hydrogen-bond donors (Lipinski definition) is 2. The van der Waals surface area contributed by atoms with Gasteiger partial charge in [-0.1, -0.05) is 15.9 Å². The monoisotopic (exact) mass is 305 g/mol. The molecule has 0 fully saturated rings. The minimum Gasteiger partial charge on any atom is -0.508 e. The lowest BCUT2D eigenvalue weighted by Crippen LogP contribution is -2.30. The van der Waals surface area contributed by atoms with Gasteiger partial charge in [-0.3, -0.25) is 4.21 Å². The summed E-state index contributed by atoms with van der Waals surface area (Å²) in [6.45, 7) is 2.64. The van der Waals surface area contributed by atoms with E-state index >= 15 is 0 Å². The maximum atomic E-state index is 11.0. The van der Waals surface area contributed by atoms with Crippen LogP contribution < -0.4 is 5.32 Å². The molecule has 2 atom stereocenters. The summed E-state index contributed by atoms with van der Waals surface area (Å²) in [5.41, 5.74) is 0.994. The quantitative estimate of drug-likeness (QED) is 0.875. The highest BCUT2D eigenvalue weighted by Gasteiger charge is 2.06. The molecule has 0 aliphatic heterocycles. The second-order valence-electron chi connectivity index (χ2n) is 3.80. The van der Waals surface area contributed by atoms with Crippen molar-refractivity contribution in [2.75, 3.05) is 12.0 Å². The van der Waals surface area contributed by atoms with Gasteiger partial charge in [0.1, 0.15) is 5.75 Å². The average molecular weight is 306 g/mol. The lowest BCUT2D eigenvalue weighted by atomic mass is 10.2. The van der Waals surface area contributed by atoms with Crippen LogP contribution in [0.25, 0.3) is 0 Å². The molecule has 0 amide bonds. The van der Waals surface area contributed by atoms with Gasteiger partial charge in [0.05, 0.1) is 0 Å². The van der Waals surface area contributed by atoms with E-state index in [1.807, 2.05) is 13.0 Å². The standard InChI is InChI=1S/C11H16BrNO2S/c1-8(7-16(2)15)13-6-9-5-10(14)3-4-11(9)12/h3-5,8,13-14H,6-7H2,1-2H3. The molecule has 3 nitrogen and oxygen atoms in total. The zero-order valence-electron chi connectivity index (χ0n) is 9.37. The van der Waals surface area contributed by atoms with E-state index in [2.05, 4.69) is 21.2 Å². The van der Waals surface area contributed by atoms with Crippen LogP contribution in [0.2, 0.25) is 0 Å². The van der Waals surface area contributed by atoms with Gasteiger partial charge in [-0.25, -0.2) is 0 Å². The van der Waals surface area contributed by atoms with Gasteiger partial charge in [0, 0.05) is 39.9 Å². The fourth-order valence-corrected chi connectivity index (χ4v) is 2.60. The first-order valence-electron chi connectivity index (χ1n) is 5.00. The summed E-state index contributed by atoms with van der Waals surface area (Å²) in [6, 6.07) is 5.36. The predicted octanol–water partition coefficient (Wildman–Crippen LogP) is 2.01. The number of nitrogens with one attached hydrogen (secondary N) is 1. The number of phenolic OH excluding ortho intramolecular Hbond substituents is 1. The summed E-state index contributed by atoms with van der Waals surface area (Å²) >= 11 is 3.42. The molecule has 0 heterocycles. The van der Waals surface area contributed by atoms with Gasteiger partial charge < -0.3 is 10.4 Å². The summed E-state index contributed by atoms with van der Waals surface area (Å²) in [4.78, 5) is 0. The zero-order valence-corrected chi connectivity index (χ0v) is 11.8. The Morgan fingerprint density at radius 2 is 2.25 bits per heavy atom. The van der Waals surface area contributed by atoms with Crippen molar-refractivity contribution in [3.8, 4) is 5.75 Å². The van der Waals surface area contributed by atoms with Crippen molar-refractivity contribution in [3.63, 3.8) is 0 Å². The van der Waals surface area contributed by atoms with Gasteiger partial charge in [0.15, 0.2) is 0 Å². The van der Waals surface area contributed by atoms with Crippen LogP contribution in [0.1, 0.15) is 12.5 Å². The Balaban J connectivity index is 2.54. The number of rotatable bonds is 5. The summed E-state index contributed by atoms with van der Waals surface area (Å²) in [6.07, 6.45) is 1.70. The molecule has 1 aromatic rings. The fourth-order valence-electron chi connectivity index (χ4n) is 1.39. The molecule has 1 aromatic carbocycles. The molecule has 5 heteroatoms. The number of halogens is 1. The lowest BCUT2D eigenvalue weighted by Gasteiger charge is -2.13. The Hall–Kier alpha value is -0.390. The lowest BCUT2D eigenvalue weighted by molar-refractivity contribution is 0.473. The SMILES string of the molecule is CC(CS(C)=O)NCc1cc(O)ccc1Br. The highest BCUT2D eigenvalue weighted by Crippen LogP contribution is 2.21. The van der Waals surface area contributed by atoms with Crippen LogP contribution in [-0.4, -0.2) is 27.4 Å². The summed E-state index contributed by atoms with van der Waals surface area (Å²) in [7, 11) is -0.787. The van der Waals surface area contributed by atoms with E-state index in [0.717, 1.165) is 10.0 Å². The third kappa shape index (κ3) is 4.63. The van der Waals surface area contributed by atoms with E-state index in [0.29, 0.717) is 12.3 Å². The molecule has 90 valence electrons. The first-order chi connectivity index (χ1) is 7.49. The van der Waals surface area contributed by atoms with Crippen LogP contribution in [0, 0.1) is 0 Å². The minimum atomic E-state index is -0.787. The van der Waals surface area contributed by atoms with Crippen molar-refractivity contribution < 1.29 is 9.32 Å². The molecule has 0 spiro atoms. The van der Waals surface area contributed by atoms with E-state index in [4.69, 9.17) is 0 Å². The first-order valence-corrected chi connectivity index (χ1v) is 7.52. The number of hydrogen-bond acceptors (Lipinski definition) is 3. The molecule has 16 heavy (non-hydrogen) atoms. The Bertz CT molecular complexity index is 384. The minimum absolute atomic E-state index is 0.195. The van der Waals surface area contributed by atoms with Crippen LogP contribution >= 0.6 is 15.9 Å². The molecule has 2 N–H and O–H groups in total. The van der Waals surface area contributed by atoms with Crippen molar-refractivity contribution in [1.82, 2.24) is 5.32 Å². The molecule has 0 aromatic heterocycles. The maximum absolute atomic E-state index is 11.0. The molecule has 0 bridgehead atoms. The Labute approximate surface area is 107 Å². The van der Waals surface area contributed by atoms with Crippen molar-refractivity contribution in [1.29, 1.82) is 0 Å². The van der Waals surface area contributed by atoms with Crippen LogP contribution in [0.15, 0.2) is 22.7 Å². The Morgan fingerprint density at radius 3 is 2.88 bits per heavy atom. The second-order valence-corrected chi connectivity index (χ2v) is 6.13. The van der Waals surface area contributed by atoms with Crippen molar-refractivity contribution in [2.45, 2.75) is 19.5 Å². The third-order valence-corrected chi connectivity index (χ3v) is 3.90. The molecular weight excluding hydrogens is 290 g/mol. The van der Waals surface area contributed by atoms with Crippen LogP contribution in [-0.2, 0) is 17.3 Å². The highest BCUT2D eigenvalue weighted by atomic mass is 79.9. The average Bonchev–Trinajstić information content (AvgIpc) is 2.18. The van der Waals surface area contributed by atoms with E-state index in [-0.39, 0.29) is 11.8 Å². The fraction of sp³-hybridized carbons (Fsp3) is 0.455. The predicted molar refractivity (Wildman–Crippen MR) is 71.0 cm³/mol. The zero-order chi connectivity index (χ0) is 12.1. The van der Waals surface area contributed by atoms with Gasteiger partial charge in [-0.15, -0.1) is 0 Å². The molecule has 0 radical (unpaired) electrons. The molecule has 2 unspecified atom stereocenters. The topological polar surface area (TPSA) is 49.3 Å². The van der Waals surface area contributed by atoms with E-state index in [1.165, 1.54) is 0 Å². The van der Waals surface area contributed by atoms with E-state index in [9.17, 15) is 9.32 Å². The molecule has 0 saturated carbocycles. The molecule has 0 aliphatic rings. The normalized spacial score (nSPS) is 14.7.